The van der Waals surface area contributed by atoms with E-state index in [9.17, 15) is 10.1 Å². The molecular formula is C18H30N2O6Si. The number of rotatable bonds is 10. The summed E-state index contributed by atoms with van der Waals surface area (Å²) in [7, 11) is 1.50. The van der Waals surface area contributed by atoms with Gasteiger partial charge in [-0.2, -0.15) is 0 Å². The van der Waals surface area contributed by atoms with Gasteiger partial charge in [-0.05, 0) is 18.5 Å². The van der Waals surface area contributed by atoms with Gasteiger partial charge in [0.25, 0.3) is 5.69 Å². The van der Waals surface area contributed by atoms with Crippen LogP contribution >= 0.6 is 0 Å². The minimum Gasteiger partial charge on any atom is -0.493 e. The molecule has 1 heterocycles. The first-order valence-corrected chi connectivity index (χ1v) is 12.3. The van der Waals surface area contributed by atoms with Crippen LogP contribution in [-0.2, 0) is 16.1 Å². The third-order valence-electron chi connectivity index (χ3n) is 4.98. The molecule has 0 unspecified atom stereocenters. The summed E-state index contributed by atoms with van der Waals surface area (Å²) in [6.07, 6.45) is 0.942. The maximum Gasteiger partial charge on any atom is 0.278 e. The molecule has 27 heavy (non-hydrogen) atoms. The fourth-order valence-corrected chi connectivity index (χ4v) is 6.03. The summed E-state index contributed by atoms with van der Waals surface area (Å²) in [5.74, 6) is 0.800. The Morgan fingerprint density at radius 1 is 1.19 bits per heavy atom. The Morgan fingerprint density at radius 2 is 1.81 bits per heavy atom. The fraction of sp³-hybridized carbons (Fsp3) is 0.667. The molecule has 0 aromatic heterocycles. The third kappa shape index (κ3) is 5.90. The standard InChI is InChI=1S/C18H30N2O6Si/c1-23-17-12-15(16(20(21)22)13-18(17)24-2)14-26-8-5-11-27(3,4)19-6-9-25-10-7-19/h12-13H,5-11,14H2,1-4H3. The van der Waals surface area contributed by atoms with Gasteiger partial charge in [-0.25, -0.2) is 0 Å². The molecule has 0 N–H and O–H groups in total. The zero-order chi connectivity index (χ0) is 19.9. The molecule has 0 radical (unpaired) electrons. The Hall–Kier alpha value is -1.68. The molecule has 152 valence electrons. The smallest absolute Gasteiger partial charge is 0.278 e. The zero-order valence-electron chi connectivity index (χ0n) is 16.7. The lowest BCUT2D eigenvalue weighted by Crippen LogP contribution is -2.53. The van der Waals surface area contributed by atoms with Gasteiger partial charge in [-0.15, -0.1) is 0 Å². The molecular weight excluding hydrogens is 368 g/mol. The van der Waals surface area contributed by atoms with Gasteiger partial charge in [-0.3, -0.25) is 10.1 Å². The maximum atomic E-state index is 11.3. The summed E-state index contributed by atoms with van der Waals surface area (Å²) in [5.41, 5.74) is 0.470. The van der Waals surface area contributed by atoms with E-state index in [4.69, 9.17) is 18.9 Å². The Bertz CT molecular complexity index is 635. The first-order chi connectivity index (χ1) is 12.9. The molecule has 2 rings (SSSR count). The maximum absolute atomic E-state index is 11.3. The first-order valence-electron chi connectivity index (χ1n) is 9.19. The highest BCUT2D eigenvalue weighted by Gasteiger charge is 2.30. The lowest BCUT2D eigenvalue weighted by atomic mass is 10.1. The van der Waals surface area contributed by atoms with E-state index >= 15 is 0 Å². The van der Waals surface area contributed by atoms with Crippen LogP contribution in [0.1, 0.15) is 12.0 Å². The van der Waals surface area contributed by atoms with E-state index in [1.165, 1.54) is 20.3 Å². The molecule has 1 aliphatic heterocycles. The monoisotopic (exact) mass is 398 g/mol. The van der Waals surface area contributed by atoms with E-state index in [0.717, 1.165) is 38.8 Å². The van der Waals surface area contributed by atoms with Crippen molar-refractivity contribution in [2.45, 2.75) is 32.2 Å². The third-order valence-corrected chi connectivity index (χ3v) is 8.72. The summed E-state index contributed by atoms with van der Waals surface area (Å²) in [5, 5.41) is 11.3. The van der Waals surface area contributed by atoms with Crippen molar-refractivity contribution in [3.63, 3.8) is 0 Å². The summed E-state index contributed by atoms with van der Waals surface area (Å²) in [4.78, 5) is 10.9. The highest BCUT2D eigenvalue weighted by molar-refractivity contribution is 6.74. The lowest BCUT2D eigenvalue weighted by Gasteiger charge is -2.39. The van der Waals surface area contributed by atoms with Crippen molar-refractivity contribution < 1.29 is 23.9 Å². The van der Waals surface area contributed by atoms with Crippen molar-refractivity contribution in [3.05, 3.63) is 27.8 Å². The Labute approximate surface area is 161 Å². The summed E-state index contributed by atoms with van der Waals surface area (Å²) < 4.78 is 24.1. The second-order valence-electron chi connectivity index (χ2n) is 7.16. The number of nitrogens with zero attached hydrogens (tertiary/aromatic N) is 2. The molecule has 8 nitrogen and oxygen atoms in total. The number of methoxy groups -OCH3 is 2. The Balaban J connectivity index is 1.88. The van der Waals surface area contributed by atoms with Crippen molar-refractivity contribution >= 4 is 13.9 Å². The van der Waals surface area contributed by atoms with Crippen LogP contribution in [0.15, 0.2) is 12.1 Å². The molecule has 1 aliphatic rings. The second-order valence-corrected chi connectivity index (χ2v) is 11.9. The molecule has 1 aromatic rings. The van der Waals surface area contributed by atoms with Crippen LogP contribution < -0.4 is 9.47 Å². The van der Waals surface area contributed by atoms with Gasteiger partial charge in [0, 0.05) is 19.7 Å². The number of hydrogen-bond acceptors (Lipinski definition) is 7. The summed E-state index contributed by atoms with van der Waals surface area (Å²) >= 11 is 0. The predicted octanol–water partition coefficient (Wildman–Crippen LogP) is 3.06. The van der Waals surface area contributed by atoms with Gasteiger partial charge in [0.2, 0.25) is 0 Å². The molecule has 0 spiro atoms. The van der Waals surface area contributed by atoms with Crippen LogP contribution in [0.5, 0.6) is 11.5 Å². The number of nitro benzene ring substituents is 1. The fourth-order valence-electron chi connectivity index (χ4n) is 3.31. The quantitative estimate of drug-likeness (QED) is 0.259. The van der Waals surface area contributed by atoms with Crippen LogP contribution in [0.25, 0.3) is 0 Å². The number of ether oxygens (including phenoxy) is 4. The molecule has 0 amide bonds. The number of morpholine rings is 1. The molecule has 9 heteroatoms. The molecule has 1 aromatic carbocycles. The Kier molecular flexibility index (Phi) is 8.02. The van der Waals surface area contributed by atoms with Crippen molar-refractivity contribution in [2.24, 2.45) is 0 Å². The lowest BCUT2D eigenvalue weighted by molar-refractivity contribution is -0.386. The van der Waals surface area contributed by atoms with Crippen molar-refractivity contribution in [1.82, 2.24) is 4.57 Å². The molecule has 0 atom stereocenters. The first kappa shape index (κ1) is 21.6. The SMILES string of the molecule is COc1cc(COCCC[Si](C)(C)N2CCOCC2)c([N+](=O)[O-])cc1OC. The average Bonchev–Trinajstić information content (AvgIpc) is 2.67. The highest BCUT2D eigenvalue weighted by atomic mass is 28.3. The largest absolute Gasteiger partial charge is 0.493 e. The molecule has 0 aliphatic carbocycles. The van der Waals surface area contributed by atoms with Gasteiger partial charge in [0.15, 0.2) is 11.5 Å². The molecule has 1 saturated heterocycles. The summed E-state index contributed by atoms with van der Waals surface area (Å²) in [6, 6.07) is 4.12. The van der Waals surface area contributed by atoms with Gasteiger partial charge in [0.1, 0.15) is 8.24 Å². The molecule has 0 bridgehead atoms. The van der Waals surface area contributed by atoms with Crippen LogP contribution in [-0.4, -0.2) is 64.9 Å². The predicted molar refractivity (Wildman–Crippen MR) is 105 cm³/mol. The number of nitro groups is 1. The highest BCUT2D eigenvalue weighted by Crippen LogP contribution is 2.34. The van der Waals surface area contributed by atoms with Crippen LogP contribution in [0, 0.1) is 10.1 Å². The van der Waals surface area contributed by atoms with E-state index in [0.29, 0.717) is 23.7 Å². The van der Waals surface area contributed by atoms with Gasteiger partial charge < -0.3 is 23.5 Å². The van der Waals surface area contributed by atoms with Crippen molar-refractivity contribution in [2.75, 3.05) is 47.1 Å². The van der Waals surface area contributed by atoms with Gasteiger partial charge in [0.05, 0.1) is 50.6 Å². The normalized spacial score (nSPS) is 15.6. The number of benzene rings is 1. The molecule has 0 saturated carbocycles. The van der Waals surface area contributed by atoms with Crippen LogP contribution in [0.3, 0.4) is 0 Å². The molecule has 1 fully saturated rings. The second kappa shape index (κ2) is 10.0. The van der Waals surface area contributed by atoms with E-state index in [1.807, 2.05) is 0 Å². The average molecular weight is 399 g/mol. The number of hydrogen-bond donors (Lipinski definition) is 0. The van der Waals surface area contributed by atoms with Crippen LogP contribution in [0.2, 0.25) is 19.1 Å². The minimum atomic E-state index is -1.46. The Morgan fingerprint density at radius 3 is 2.41 bits per heavy atom. The van der Waals surface area contributed by atoms with Crippen molar-refractivity contribution in [3.8, 4) is 11.5 Å². The van der Waals surface area contributed by atoms with E-state index < -0.39 is 13.2 Å². The van der Waals surface area contributed by atoms with E-state index in [2.05, 4.69) is 17.7 Å². The van der Waals surface area contributed by atoms with Gasteiger partial charge in [-0.1, -0.05) is 13.1 Å². The van der Waals surface area contributed by atoms with E-state index in [-0.39, 0.29) is 12.3 Å². The van der Waals surface area contributed by atoms with E-state index in [1.54, 1.807) is 6.07 Å². The van der Waals surface area contributed by atoms with Crippen LogP contribution in [0.4, 0.5) is 5.69 Å². The topological polar surface area (TPSA) is 83.3 Å². The summed E-state index contributed by atoms with van der Waals surface area (Å²) in [6.45, 7) is 9.15. The minimum absolute atomic E-state index is 0.0179. The zero-order valence-corrected chi connectivity index (χ0v) is 17.7. The van der Waals surface area contributed by atoms with Gasteiger partial charge >= 0.3 is 0 Å². The van der Waals surface area contributed by atoms with Crippen molar-refractivity contribution in [1.29, 1.82) is 0 Å².